The Morgan fingerprint density at radius 3 is 2.57 bits per heavy atom. The van der Waals surface area contributed by atoms with Crippen molar-refractivity contribution in [1.82, 2.24) is 15.3 Å². The van der Waals surface area contributed by atoms with Crippen molar-refractivity contribution in [2.75, 3.05) is 38.3 Å². The molecule has 5 rings (SSSR count). The molecule has 2 N–H and O–H groups in total. The van der Waals surface area contributed by atoms with Crippen LogP contribution in [0.15, 0.2) is 54.2 Å². The average Bonchev–Trinajstić information content (AvgIpc) is 3.38. The second-order valence-corrected chi connectivity index (χ2v) is 9.78. The third kappa shape index (κ3) is 5.51. The van der Waals surface area contributed by atoms with Gasteiger partial charge in [0.25, 0.3) is 0 Å². The van der Waals surface area contributed by atoms with Crippen LogP contribution in [0.4, 0.5) is 14.6 Å². The molecule has 0 aliphatic carbocycles. The summed E-state index contributed by atoms with van der Waals surface area (Å²) < 4.78 is 37.9. The topological polar surface area (TPSA) is 79.7 Å². The van der Waals surface area contributed by atoms with E-state index < -0.39 is 17.7 Å². The number of thiophene rings is 1. The van der Waals surface area contributed by atoms with Gasteiger partial charge in [0.05, 0.1) is 12.5 Å². The number of fused-ring (bicyclic) bond motifs is 1. The van der Waals surface area contributed by atoms with Crippen LogP contribution in [-0.4, -0.2) is 60.6 Å². The fraction of sp³-hybridized carbons (Fsp3) is 0.333. The van der Waals surface area contributed by atoms with E-state index in [9.17, 15) is 13.9 Å². The van der Waals surface area contributed by atoms with E-state index in [1.54, 1.807) is 17.7 Å². The molecule has 0 bridgehead atoms. The van der Waals surface area contributed by atoms with Crippen LogP contribution in [0.2, 0.25) is 0 Å². The quantitative estimate of drug-likeness (QED) is 0.329. The Hall–Kier alpha value is -3.34. The number of aromatic nitrogens is 2. The van der Waals surface area contributed by atoms with Gasteiger partial charge in [-0.3, -0.25) is 0 Å². The minimum Gasteiger partial charge on any atom is -0.494 e. The van der Waals surface area contributed by atoms with Crippen LogP contribution in [0, 0.1) is 11.6 Å². The molecule has 4 aromatic rings. The van der Waals surface area contributed by atoms with Crippen LogP contribution >= 0.6 is 11.3 Å². The summed E-state index contributed by atoms with van der Waals surface area (Å²) >= 11 is 1.62. The van der Waals surface area contributed by atoms with Crippen molar-refractivity contribution in [1.29, 1.82) is 0 Å². The van der Waals surface area contributed by atoms with Crippen molar-refractivity contribution in [3.8, 4) is 22.6 Å². The molecule has 1 aliphatic heterocycles. The molecule has 1 atom stereocenters. The van der Waals surface area contributed by atoms with E-state index in [-0.39, 0.29) is 30.7 Å². The van der Waals surface area contributed by atoms with Crippen molar-refractivity contribution < 1.29 is 23.4 Å². The molecule has 3 heterocycles. The lowest BCUT2D eigenvalue weighted by Crippen LogP contribution is -2.45. The Morgan fingerprint density at radius 1 is 1.08 bits per heavy atom. The highest BCUT2D eigenvalue weighted by atomic mass is 32.1. The van der Waals surface area contributed by atoms with Gasteiger partial charge in [-0.15, -0.1) is 11.3 Å². The van der Waals surface area contributed by atoms with Crippen molar-refractivity contribution in [3.63, 3.8) is 0 Å². The van der Waals surface area contributed by atoms with Crippen LogP contribution in [0.3, 0.4) is 0 Å². The summed E-state index contributed by atoms with van der Waals surface area (Å²) in [4.78, 5) is 12.4. The maximum Gasteiger partial charge on any atom is 0.204 e. The fourth-order valence-corrected chi connectivity index (χ4v) is 5.47. The third-order valence-corrected chi connectivity index (χ3v) is 7.42. The molecule has 0 saturated carbocycles. The summed E-state index contributed by atoms with van der Waals surface area (Å²) in [5, 5.41) is 16.9. The maximum absolute atomic E-state index is 14.1. The highest BCUT2D eigenvalue weighted by molar-refractivity contribution is 7.17. The van der Waals surface area contributed by atoms with Crippen molar-refractivity contribution >= 4 is 27.4 Å². The summed E-state index contributed by atoms with van der Waals surface area (Å²) in [5.41, 5.74) is 2.29. The first-order valence-corrected chi connectivity index (χ1v) is 13.0. The van der Waals surface area contributed by atoms with E-state index in [0.29, 0.717) is 0 Å². The number of aliphatic hydroxyl groups is 1. The monoisotopic (exact) mass is 526 g/mol. The number of nitrogens with zero attached hydrogens (tertiary/aromatic N) is 3. The van der Waals surface area contributed by atoms with Crippen LogP contribution in [0.5, 0.6) is 11.5 Å². The molecule has 0 radical (unpaired) electrons. The van der Waals surface area contributed by atoms with Gasteiger partial charge in [-0.1, -0.05) is 30.3 Å². The zero-order valence-corrected chi connectivity index (χ0v) is 21.2. The Kier molecular flexibility index (Phi) is 7.78. The average molecular weight is 527 g/mol. The molecule has 1 saturated heterocycles. The van der Waals surface area contributed by atoms with Gasteiger partial charge in [-0.25, -0.2) is 9.97 Å². The molecule has 1 unspecified atom stereocenters. The van der Waals surface area contributed by atoms with Crippen LogP contribution in [-0.2, 0) is 0 Å². The van der Waals surface area contributed by atoms with Gasteiger partial charge in [0.15, 0.2) is 11.5 Å². The summed E-state index contributed by atoms with van der Waals surface area (Å²) in [6.07, 6.45) is 2.51. The first kappa shape index (κ1) is 25.3. The van der Waals surface area contributed by atoms with Gasteiger partial charge in [-0.2, -0.15) is 8.78 Å². The zero-order chi connectivity index (χ0) is 25.8. The van der Waals surface area contributed by atoms with Gasteiger partial charge >= 0.3 is 0 Å². The van der Waals surface area contributed by atoms with Crippen molar-refractivity contribution in [2.24, 2.45) is 0 Å². The Bertz CT molecular complexity index is 1350. The van der Waals surface area contributed by atoms with E-state index in [1.807, 2.05) is 18.2 Å². The molecular formula is C27H28F2N4O3S. The number of nitrogens with one attached hydrogen (secondary N) is 1. The predicted molar refractivity (Wildman–Crippen MR) is 141 cm³/mol. The Labute approximate surface area is 217 Å². The molecule has 2 aromatic carbocycles. The van der Waals surface area contributed by atoms with E-state index in [1.165, 1.54) is 19.2 Å². The first-order valence-electron chi connectivity index (χ1n) is 12.1. The number of hydrogen-bond acceptors (Lipinski definition) is 8. The van der Waals surface area contributed by atoms with Crippen LogP contribution < -0.4 is 19.7 Å². The number of ether oxygens (including phenoxy) is 2. The summed E-state index contributed by atoms with van der Waals surface area (Å²) in [6.45, 7) is 1.76. The number of benzene rings is 2. The minimum atomic E-state index is -1.13. The van der Waals surface area contributed by atoms with Gasteiger partial charge < -0.3 is 24.8 Å². The summed E-state index contributed by atoms with van der Waals surface area (Å²) in [7, 11) is 1.26. The molecule has 0 spiro atoms. The van der Waals surface area contributed by atoms with Gasteiger partial charge in [0.1, 0.15) is 29.7 Å². The molecule has 37 heavy (non-hydrogen) atoms. The molecule has 0 amide bonds. The van der Waals surface area contributed by atoms with Crippen molar-refractivity contribution in [2.45, 2.75) is 25.0 Å². The standard InChI is InChI=1S/C27H28F2N4O3S/c1-35-21-7-8-22(25(29)24(21)28)36-14-19(34)13-30-18-9-11-33(12-10-18)26-23-20(17-5-3-2-4-6-17)15-37-27(23)32-16-31-26/h2-8,15-16,18-19,30,34H,9-14H2,1H3. The SMILES string of the molecule is COc1ccc(OCC(O)CNC2CCN(c3ncnc4scc(-c5ccccc5)c34)CC2)c(F)c1F. The van der Waals surface area contributed by atoms with Crippen LogP contribution in [0.25, 0.3) is 21.3 Å². The highest BCUT2D eigenvalue weighted by Crippen LogP contribution is 2.38. The second-order valence-electron chi connectivity index (χ2n) is 8.92. The lowest BCUT2D eigenvalue weighted by atomic mass is 10.0. The Morgan fingerprint density at radius 2 is 1.81 bits per heavy atom. The van der Waals surface area contributed by atoms with Gasteiger partial charge in [0.2, 0.25) is 11.6 Å². The number of hydrogen-bond donors (Lipinski definition) is 2. The first-order chi connectivity index (χ1) is 18.0. The van der Waals surface area contributed by atoms with E-state index in [0.717, 1.165) is 53.1 Å². The number of anilines is 1. The number of aliphatic hydroxyl groups excluding tert-OH is 1. The molecule has 2 aromatic heterocycles. The summed E-state index contributed by atoms with van der Waals surface area (Å²) in [6, 6.07) is 13.1. The van der Waals surface area contributed by atoms with Crippen molar-refractivity contribution in [3.05, 3.63) is 65.8 Å². The number of piperidine rings is 1. The minimum absolute atomic E-state index is 0.159. The zero-order valence-electron chi connectivity index (χ0n) is 20.4. The van der Waals surface area contributed by atoms with E-state index in [2.05, 4.69) is 37.7 Å². The maximum atomic E-state index is 14.1. The Balaban J connectivity index is 1.15. The lowest BCUT2D eigenvalue weighted by molar-refractivity contribution is 0.0996. The van der Waals surface area contributed by atoms with Gasteiger partial charge in [0, 0.05) is 36.6 Å². The molecule has 10 heteroatoms. The number of rotatable bonds is 9. The summed E-state index contributed by atoms with van der Waals surface area (Å²) in [5.74, 6) is -1.75. The normalized spacial score (nSPS) is 15.2. The lowest BCUT2D eigenvalue weighted by Gasteiger charge is -2.34. The largest absolute Gasteiger partial charge is 0.494 e. The third-order valence-electron chi connectivity index (χ3n) is 6.53. The second kappa shape index (κ2) is 11.4. The molecule has 7 nitrogen and oxygen atoms in total. The number of halogens is 2. The molecular weight excluding hydrogens is 498 g/mol. The molecule has 194 valence electrons. The fourth-order valence-electron chi connectivity index (χ4n) is 4.56. The van der Waals surface area contributed by atoms with Gasteiger partial charge in [-0.05, 0) is 30.5 Å². The molecule has 1 fully saturated rings. The smallest absolute Gasteiger partial charge is 0.204 e. The number of methoxy groups -OCH3 is 1. The van der Waals surface area contributed by atoms with E-state index in [4.69, 9.17) is 9.47 Å². The molecule has 1 aliphatic rings. The van der Waals surface area contributed by atoms with E-state index >= 15 is 0 Å². The highest BCUT2D eigenvalue weighted by Gasteiger charge is 2.24. The predicted octanol–water partition coefficient (Wildman–Crippen LogP) is 4.64. The van der Waals surface area contributed by atoms with Crippen LogP contribution in [0.1, 0.15) is 12.8 Å².